The largest absolute Gasteiger partial charge is 0.507 e. The number of para-hydroxylation sites is 2. The Morgan fingerprint density at radius 2 is 1.84 bits per heavy atom. The van der Waals surface area contributed by atoms with E-state index in [1.807, 2.05) is 41.0 Å². The molecule has 3 aromatic carbocycles. The molecule has 7 nitrogen and oxygen atoms in total. The molecule has 0 saturated heterocycles. The van der Waals surface area contributed by atoms with Crippen molar-refractivity contribution in [2.45, 2.75) is 5.16 Å². The van der Waals surface area contributed by atoms with Crippen LogP contribution in [0.4, 0.5) is 5.69 Å². The second-order valence-electron chi connectivity index (χ2n) is 6.68. The first-order valence-corrected chi connectivity index (χ1v) is 11.0. The fraction of sp³-hybridized carbons (Fsp3) is 0.0870. The molecule has 0 fully saturated rings. The van der Waals surface area contributed by atoms with Crippen LogP contribution in [0.5, 0.6) is 11.5 Å². The van der Waals surface area contributed by atoms with Gasteiger partial charge in [-0.15, -0.1) is 10.2 Å². The van der Waals surface area contributed by atoms with E-state index in [9.17, 15) is 9.90 Å². The fourth-order valence-corrected chi connectivity index (χ4v) is 4.09. The summed E-state index contributed by atoms with van der Waals surface area (Å²) in [5, 5.41) is 22.6. The van der Waals surface area contributed by atoms with E-state index in [0.717, 1.165) is 5.69 Å². The lowest BCUT2D eigenvalue weighted by Gasteiger charge is -2.11. The molecule has 0 saturated carbocycles. The number of nitrogens with one attached hydrogen (secondary N) is 1. The van der Waals surface area contributed by atoms with Gasteiger partial charge in [-0.25, -0.2) is 0 Å². The van der Waals surface area contributed by atoms with Crippen LogP contribution >= 0.6 is 23.4 Å². The molecule has 0 aliphatic carbocycles. The third-order valence-corrected chi connectivity index (χ3v) is 5.78. The number of methoxy groups -OCH3 is 1. The van der Waals surface area contributed by atoms with Crippen LogP contribution in [0.2, 0.25) is 5.02 Å². The summed E-state index contributed by atoms with van der Waals surface area (Å²) < 4.78 is 6.94. The molecule has 32 heavy (non-hydrogen) atoms. The van der Waals surface area contributed by atoms with E-state index in [4.69, 9.17) is 16.3 Å². The van der Waals surface area contributed by atoms with Crippen molar-refractivity contribution in [1.29, 1.82) is 0 Å². The van der Waals surface area contributed by atoms with Gasteiger partial charge in [0.15, 0.2) is 11.0 Å². The van der Waals surface area contributed by atoms with Gasteiger partial charge in [-0.3, -0.25) is 9.36 Å². The van der Waals surface area contributed by atoms with Gasteiger partial charge >= 0.3 is 0 Å². The SMILES string of the molecule is COc1ccc(NC(=O)CSc2nnc(-c3ccccc3O)n2-c2ccccc2)cc1Cl. The molecule has 0 unspecified atom stereocenters. The number of ether oxygens (including phenoxy) is 1. The van der Waals surface area contributed by atoms with Crippen molar-refractivity contribution in [3.63, 3.8) is 0 Å². The van der Waals surface area contributed by atoms with Gasteiger partial charge in [-0.2, -0.15) is 0 Å². The van der Waals surface area contributed by atoms with Crippen LogP contribution in [0.3, 0.4) is 0 Å². The average Bonchev–Trinajstić information content (AvgIpc) is 3.22. The number of hydrogen-bond donors (Lipinski definition) is 2. The Morgan fingerprint density at radius 3 is 2.56 bits per heavy atom. The number of amides is 1. The number of rotatable bonds is 7. The Bertz CT molecular complexity index is 1250. The molecule has 2 N–H and O–H groups in total. The van der Waals surface area contributed by atoms with Crippen LogP contribution in [0.1, 0.15) is 0 Å². The monoisotopic (exact) mass is 466 g/mol. The number of nitrogens with zero attached hydrogens (tertiary/aromatic N) is 3. The average molecular weight is 467 g/mol. The molecule has 1 amide bonds. The van der Waals surface area contributed by atoms with Crippen LogP contribution < -0.4 is 10.1 Å². The number of halogens is 1. The van der Waals surface area contributed by atoms with Gasteiger partial charge in [-0.05, 0) is 42.5 Å². The third kappa shape index (κ3) is 4.71. The molecule has 1 aromatic heterocycles. The normalized spacial score (nSPS) is 10.7. The first-order chi connectivity index (χ1) is 15.6. The standard InChI is InChI=1S/C23H19ClN4O3S/c1-31-20-12-11-15(13-18(20)24)25-21(30)14-32-23-27-26-22(17-9-5-6-10-19(17)29)28(23)16-7-3-2-4-8-16/h2-13,29H,14H2,1H3,(H,25,30). The molecule has 1 heterocycles. The summed E-state index contributed by atoms with van der Waals surface area (Å²) in [7, 11) is 1.53. The summed E-state index contributed by atoms with van der Waals surface area (Å²) >= 11 is 7.37. The second-order valence-corrected chi connectivity index (χ2v) is 8.03. The minimum Gasteiger partial charge on any atom is -0.507 e. The molecule has 4 rings (SSSR count). The van der Waals surface area contributed by atoms with Crippen LogP contribution in [0, 0.1) is 0 Å². The van der Waals surface area contributed by atoms with Crippen LogP contribution in [-0.4, -0.2) is 38.6 Å². The van der Waals surface area contributed by atoms with Gasteiger partial charge in [0, 0.05) is 11.4 Å². The number of aromatic nitrogens is 3. The smallest absolute Gasteiger partial charge is 0.234 e. The first kappa shape index (κ1) is 21.7. The van der Waals surface area contributed by atoms with E-state index in [-0.39, 0.29) is 17.4 Å². The van der Waals surface area contributed by atoms with Crippen molar-refractivity contribution >= 4 is 35.0 Å². The van der Waals surface area contributed by atoms with Gasteiger partial charge in [0.05, 0.1) is 23.4 Å². The molecule has 0 spiro atoms. The Kier molecular flexibility index (Phi) is 6.63. The van der Waals surface area contributed by atoms with Crippen LogP contribution in [0.25, 0.3) is 17.1 Å². The fourth-order valence-electron chi connectivity index (χ4n) is 3.08. The topological polar surface area (TPSA) is 89.3 Å². The molecule has 0 aliphatic heterocycles. The van der Waals surface area contributed by atoms with Crippen molar-refractivity contribution in [1.82, 2.24) is 14.8 Å². The van der Waals surface area contributed by atoms with Gasteiger partial charge in [-0.1, -0.05) is 53.7 Å². The van der Waals surface area contributed by atoms with E-state index < -0.39 is 0 Å². The lowest BCUT2D eigenvalue weighted by atomic mass is 10.2. The van der Waals surface area contributed by atoms with Gasteiger partial charge in [0.25, 0.3) is 0 Å². The molecular formula is C23H19ClN4O3S. The number of thioether (sulfide) groups is 1. The zero-order chi connectivity index (χ0) is 22.5. The Balaban J connectivity index is 1.57. The molecule has 162 valence electrons. The summed E-state index contributed by atoms with van der Waals surface area (Å²) in [6.07, 6.45) is 0. The Hall–Kier alpha value is -3.49. The maximum Gasteiger partial charge on any atom is 0.234 e. The highest BCUT2D eigenvalue weighted by Gasteiger charge is 2.19. The number of carbonyl (C=O) groups excluding carboxylic acids is 1. The molecule has 0 atom stereocenters. The van der Waals surface area contributed by atoms with E-state index in [1.54, 1.807) is 36.4 Å². The zero-order valence-corrected chi connectivity index (χ0v) is 18.6. The predicted octanol–water partition coefficient (Wildman–Crippen LogP) is 5.03. The quantitative estimate of drug-likeness (QED) is 0.371. The highest BCUT2D eigenvalue weighted by molar-refractivity contribution is 7.99. The summed E-state index contributed by atoms with van der Waals surface area (Å²) in [5.41, 5.74) is 1.94. The van der Waals surface area contributed by atoms with Crippen molar-refractivity contribution in [2.75, 3.05) is 18.2 Å². The van der Waals surface area contributed by atoms with Crippen LogP contribution in [0.15, 0.2) is 78.0 Å². The predicted molar refractivity (Wildman–Crippen MR) is 126 cm³/mol. The number of hydrogen-bond acceptors (Lipinski definition) is 6. The lowest BCUT2D eigenvalue weighted by molar-refractivity contribution is -0.113. The number of benzene rings is 3. The molecule has 0 bridgehead atoms. The first-order valence-electron chi connectivity index (χ1n) is 9.62. The molecule has 0 aliphatic rings. The molecular weight excluding hydrogens is 448 g/mol. The van der Waals surface area contributed by atoms with Crippen molar-refractivity contribution in [2.24, 2.45) is 0 Å². The Morgan fingerprint density at radius 1 is 1.09 bits per heavy atom. The maximum absolute atomic E-state index is 12.5. The Labute approximate surface area is 194 Å². The van der Waals surface area contributed by atoms with Crippen molar-refractivity contribution in [3.8, 4) is 28.6 Å². The number of aromatic hydroxyl groups is 1. The second kappa shape index (κ2) is 9.76. The van der Waals surface area contributed by atoms with E-state index >= 15 is 0 Å². The minimum atomic E-state index is -0.219. The minimum absolute atomic E-state index is 0.0998. The molecule has 0 radical (unpaired) electrons. The summed E-state index contributed by atoms with van der Waals surface area (Å²) in [6.45, 7) is 0. The summed E-state index contributed by atoms with van der Waals surface area (Å²) in [5.74, 6) is 1.01. The maximum atomic E-state index is 12.5. The molecule has 4 aromatic rings. The zero-order valence-electron chi connectivity index (χ0n) is 17.0. The summed E-state index contributed by atoms with van der Waals surface area (Å²) in [4.78, 5) is 12.5. The third-order valence-electron chi connectivity index (χ3n) is 4.56. The molecule has 9 heteroatoms. The summed E-state index contributed by atoms with van der Waals surface area (Å²) in [6, 6.07) is 21.5. The van der Waals surface area contributed by atoms with Gasteiger partial charge in [0.2, 0.25) is 5.91 Å². The van der Waals surface area contributed by atoms with Gasteiger partial charge in [0.1, 0.15) is 11.5 Å². The number of phenols is 1. The van der Waals surface area contributed by atoms with E-state index in [1.165, 1.54) is 18.9 Å². The van der Waals surface area contributed by atoms with Crippen LogP contribution in [-0.2, 0) is 4.79 Å². The van der Waals surface area contributed by atoms with Gasteiger partial charge < -0.3 is 15.2 Å². The van der Waals surface area contributed by atoms with Crippen molar-refractivity contribution < 1.29 is 14.6 Å². The lowest BCUT2D eigenvalue weighted by Crippen LogP contribution is -2.14. The van der Waals surface area contributed by atoms with Crippen molar-refractivity contribution in [3.05, 3.63) is 77.8 Å². The van der Waals surface area contributed by atoms with E-state index in [0.29, 0.717) is 33.0 Å². The highest BCUT2D eigenvalue weighted by atomic mass is 35.5. The number of phenolic OH excluding ortho intramolecular Hbond substituents is 1. The number of anilines is 1. The van der Waals surface area contributed by atoms with E-state index in [2.05, 4.69) is 15.5 Å². The number of carbonyl (C=O) groups is 1. The highest BCUT2D eigenvalue weighted by Crippen LogP contribution is 2.33.